The third-order valence-corrected chi connectivity index (χ3v) is 9.36. The Morgan fingerprint density at radius 3 is 2.66 bits per heavy atom. The summed E-state index contributed by atoms with van der Waals surface area (Å²) in [5.74, 6) is 1.02. The number of hydrogen-bond acceptors (Lipinski definition) is 5. The van der Waals surface area contributed by atoms with Crippen molar-refractivity contribution < 1.29 is 14.4 Å². The van der Waals surface area contributed by atoms with Gasteiger partial charge in [-0.25, -0.2) is 4.79 Å². The molecule has 4 atom stereocenters. The lowest BCUT2D eigenvalue weighted by atomic mass is 9.73. The predicted octanol–water partition coefficient (Wildman–Crippen LogP) is 3.58. The Hall–Kier alpha value is -3.00. The van der Waals surface area contributed by atoms with E-state index >= 15 is 0 Å². The molecule has 2 aliphatic carbocycles. The summed E-state index contributed by atoms with van der Waals surface area (Å²) in [4.78, 5) is 49.1. The van der Waals surface area contributed by atoms with E-state index in [1.807, 2.05) is 34.5 Å². The number of pyridine rings is 1. The van der Waals surface area contributed by atoms with Gasteiger partial charge in [-0.1, -0.05) is 24.3 Å². The van der Waals surface area contributed by atoms with Crippen LogP contribution in [0, 0.1) is 23.7 Å². The van der Waals surface area contributed by atoms with Crippen LogP contribution >= 0.6 is 11.3 Å². The summed E-state index contributed by atoms with van der Waals surface area (Å²) in [5.41, 5.74) is -0.412. The van der Waals surface area contributed by atoms with Crippen LogP contribution in [0.15, 0.2) is 54.2 Å². The molecule has 4 heterocycles. The van der Waals surface area contributed by atoms with E-state index in [0.29, 0.717) is 50.7 Å². The number of carbonyl (C=O) groups is 3. The highest BCUT2D eigenvalue weighted by Crippen LogP contribution is 2.45. The second kappa shape index (κ2) is 8.90. The van der Waals surface area contributed by atoms with Gasteiger partial charge in [0.05, 0.1) is 0 Å². The van der Waals surface area contributed by atoms with Crippen LogP contribution in [0.5, 0.6) is 0 Å². The minimum atomic E-state index is -1.13. The van der Waals surface area contributed by atoms with E-state index in [-0.39, 0.29) is 29.7 Å². The van der Waals surface area contributed by atoms with Crippen LogP contribution in [0.4, 0.5) is 4.79 Å². The molecule has 1 N–H and O–H groups in total. The molecule has 182 valence electrons. The van der Waals surface area contributed by atoms with Crippen molar-refractivity contribution in [2.45, 2.75) is 37.6 Å². The zero-order valence-electron chi connectivity index (χ0n) is 19.6. The lowest BCUT2D eigenvalue weighted by Gasteiger charge is -2.41. The number of allylic oxidation sites excluding steroid dienone is 2. The lowest BCUT2D eigenvalue weighted by molar-refractivity contribution is -0.139. The molecule has 7 nitrogen and oxygen atoms in total. The highest BCUT2D eigenvalue weighted by molar-refractivity contribution is 7.09. The van der Waals surface area contributed by atoms with Crippen molar-refractivity contribution in [2.24, 2.45) is 23.7 Å². The van der Waals surface area contributed by atoms with Crippen molar-refractivity contribution in [1.29, 1.82) is 0 Å². The lowest BCUT2D eigenvalue weighted by Crippen LogP contribution is -2.54. The van der Waals surface area contributed by atoms with Gasteiger partial charge in [0.1, 0.15) is 0 Å². The Balaban J connectivity index is 1.21. The Morgan fingerprint density at radius 1 is 1.14 bits per heavy atom. The van der Waals surface area contributed by atoms with Crippen molar-refractivity contribution >= 4 is 29.2 Å². The van der Waals surface area contributed by atoms with Crippen molar-refractivity contribution in [3.8, 4) is 0 Å². The first-order chi connectivity index (χ1) is 17.1. The smallest absolute Gasteiger partial charge is 0.325 e. The number of fused-ring (bicyclic) bond motifs is 2. The van der Waals surface area contributed by atoms with Crippen LogP contribution in [-0.4, -0.2) is 52.3 Å². The van der Waals surface area contributed by atoms with Gasteiger partial charge in [0.2, 0.25) is 5.91 Å². The number of likely N-dealkylation sites (tertiary alicyclic amines) is 1. The second-order valence-electron chi connectivity index (χ2n) is 10.3. The summed E-state index contributed by atoms with van der Waals surface area (Å²) >= 11 is 1.63. The molecule has 8 heteroatoms. The number of amides is 4. The molecule has 1 saturated carbocycles. The normalized spacial score (nSPS) is 30.3. The molecular formula is C27H30N4O3S. The molecular weight excluding hydrogens is 460 g/mol. The average molecular weight is 491 g/mol. The first kappa shape index (κ1) is 22.5. The Labute approximate surface area is 209 Å². The van der Waals surface area contributed by atoms with Crippen LogP contribution < -0.4 is 5.32 Å². The highest BCUT2D eigenvalue weighted by atomic mass is 32.1. The van der Waals surface area contributed by atoms with E-state index < -0.39 is 5.54 Å². The van der Waals surface area contributed by atoms with Gasteiger partial charge < -0.3 is 10.2 Å². The average Bonchev–Trinajstić information content (AvgIpc) is 3.69. The molecule has 4 aliphatic rings. The van der Waals surface area contributed by atoms with E-state index in [1.165, 1.54) is 4.90 Å². The zero-order valence-corrected chi connectivity index (χ0v) is 20.5. The van der Waals surface area contributed by atoms with Crippen LogP contribution in [0.3, 0.4) is 0 Å². The van der Waals surface area contributed by atoms with E-state index in [4.69, 9.17) is 0 Å². The minimum absolute atomic E-state index is 0.0983. The third-order valence-electron chi connectivity index (χ3n) is 8.43. The quantitative estimate of drug-likeness (QED) is 0.496. The Bertz CT molecular complexity index is 1140. The molecule has 2 aromatic heterocycles. The Morgan fingerprint density at radius 2 is 2.00 bits per heavy atom. The van der Waals surface area contributed by atoms with Gasteiger partial charge in [-0.15, -0.1) is 11.3 Å². The van der Waals surface area contributed by atoms with Gasteiger partial charge in [-0.2, -0.15) is 0 Å². The number of aromatic nitrogens is 1. The number of rotatable bonds is 6. The van der Waals surface area contributed by atoms with Crippen LogP contribution in [0.2, 0.25) is 0 Å². The fourth-order valence-electron chi connectivity index (χ4n) is 6.61. The molecule has 2 aliphatic heterocycles. The summed E-state index contributed by atoms with van der Waals surface area (Å²) in [6.45, 7) is 1.57. The van der Waals surface area contributed by atoms with Crippen molar-refractivity contribution in [3.63, 3.8) is 0 Å². The minimum Gasteiger partial charge on any atom is -0.342 e. The number of nitrogens with one attached hydrogen (secondary N) is 1. The van der Waals surface area contributed by atoms with Gasteiger partial charge in [0.25, 0.3) is 5.91 Å². The maximum Gasteiger partial charge on any atom is 0.325 e. The molecule has 3 fully saturated rings. The fourth-order valence-corrected chi connectivity index (χ4v) is 7.31. The largest absolute Gasteiger partial charge is 0.342 e. The molecule has 0 spiro atoms. The number of carbonyl (C=O) groups excluding carboxylic acids is 3. The number of nitrogens with zero attached hydrogens (tertiary/aromatic N) is 3. The summed E-state index contributed by atoms with van der Waals surface area (Å²) in [6, 6.07) is 7.35. The maximum absolute atomic E-state index is 13.9. The number of piperidine rings is 1. The van der Waals surface area contributed by atoms with Gasteiger partial charge in [0, 0.05) is 48.4 Å². The molecule has 2 aromatic rings. The maximum atomic E-state index is 13.9. The monoisotopic (exact) mass is 490 g/mol. The first-order valence-corrected chi connectivity index (χ1v) is 13.5. The number of urea groups is 1. The topological polar surface area (TPSA) is 82.6 Å². The second-order valence-corrected chi connectivity index (χ2v) is 11.3. The van der Waals surface area contributed by atoms with E-state index in [2.05, 4.69) is 22.5 Å². The molecule has 1 unspecified atom stereocenters. The van der Waals surface area contributed by atoms with Crippen molar-refractivity contribution in [2.75, 3.05) is 19.6 Å². The van der Waals surface area contributed by atoms with E-state index in [0.717, 1.165) is 23.3 Å². The Kier molecular flexibility index (Phi) is 5.71. The number of hydrogen-bond donors (Lipinski definition) is 1. The predicted molar refractivity (Wildman–Crippen MR) is 132 cm³/mol. The summed E-state index contributed by atoms with van der Waals surface area (Å²) < 4.78 is 0. The number of thiophene rings is 1. The molecule has 6 rings (SSSR count). The molecule has 2 saturated heterocycles. The molecule has 2 bridgehead atoms. The summed E-state index contributed by atoms with van der Waals surface area (Å²) in [5, 5.41) is 5.10. The fraction of sp³-hybridized carbons (Fsp3) is 0.481. The van der Waals surface area contributed by atoms with Crippen molar-refractivity contribution in [1.82, 2.24) is 20.1 Å². The van der Waals surface area contributed by atoms with Crippen LogP contribution in [-0.2, 0) is 21.5 Å². The van der Waals surface area contributed by atoms with E-state index in [9.17, 15) is 14.4 Å². The zero-order chi connectivity index (χ0) is 24.0. The van der Waals surface area contributed by atoms with Crippen LogP contribution in [0.25, 0.3) is 0 Å². The summed E-state index contributed by atoms with van der Waals surface area (Å²) in [6.07, 6.45) is 11.9. The standard InChI is InChI=1S/C27H30N4O3S/c32-24(23-16-18-5-6-19(23)15-18)30-11-7-20(8-12-30)27(21-3-1-10-28-17-21)25(33)31(26(34)29-27)13-9-22-4-2-14-35-22/h1-6,10,14,17-20,23H,7-9,11-13,15-16H2,(H,29,34)/t18-,19+,23+,27?/m1/s1. The van der Waals surface area contributed by atoms with Crippen molar-refractivity contribution in [3.05, 3.63) is 64.6 Å². The van der Waals surface area contributed by atoms with Gasteiger partial charge in [-0.05, 0) is 67.4 Å². The van der Waals surface area contributed by atoms with E-state index in [1.54, 1.807) is 23.7 Å². The molecule has 0 radical (unpaired) electrons. The van der Waals surface area contributed by atoms with Gasteiger partial charge in [0.15, 0.2) is 5.54 Å². The number of imide groups is 1. The molecule has 0 aromatic carbocycles. The van der Waals surface area contributed by atoms with Gasteiger partial charge in [-0.3, -0.25) is 19.5 Å². The highest BCUT2D eigenvalue weighted by Gasteiger charge is 2.57. The summed E-state index contributed by atoms with van der Waals surface area (Å²) in [7, 11) is 0. The van der Waals surface area contributed by atoms with Crippen LogP contribution in [0.1, 0.15) is 36.1 Å². The first-order valence-electron chi connectivity index (χ1n) is 12.6. The SMILES string of the molecule is O=C([C@H]1C[C@@H]2C=C[C@H]1C2)N1CCC(C2(c3cccnc3)NC(=O)N(CCc3cccs3)C2=O)CC1. The third kappa shape index (κ3) is 3.78. The molecule has 4 amide bonds. The molecule has 35 heavy (non-hydrogen) atoms. The van der Waals surface area contributed by atoms with Gasteiger partial charge >= 0.3 is 6.03 Å².